The van der Waals surface area contributed by atoms with Crippen molar-refractivity contribution in [2.45, 2.75) is 20.0 Å². The fourth-order valence-corrected chi connectivity index (χ4v) is 1.18. The van der Waals surface area contributed by atoms with E-state index in [1.165, 1.54) is 0 Å². The Bertz CT molecular complexity index is 488. The summed E-state index contributed by atoms with van der Waals surface area (Å²) < 4.78 is 30.6. The fraction of sp³-hybridized carbons (Fsp3) is 0.273. The van der Waals surface area contributed by atoms with Gasteiger partial charge in [-0.1, -0.05) is 0 Å². The van der Waals surface area contributed by atoms with Crippen LogP contribution in [-0.2, 0) is 4.74 Å². The predicted molar refractivity (Wildman–Crippen MR) is 58.6 cm³/mol. The zero-order valence-corrected chi connectivity index (χ0v) is 9.66. The third-order valence-corrected chi connectivity index (χ3v) is 1.87. The van der Waals surface area contributed by atoms with Crippen LogP contribution in [0.4, 0.5) is 19.3 Å². The molecule has 5 nitrogen and oxygen atoms in total. The van der Waals surface area contributed by atoms with Crippen LogP contribution in [-0.4, -0.2) is 23.3 Å². The summed E-state index contributed by atoms with van der Waals surface area (Å²) in [7, 11) is 0. The number of amides is 1. The Kier molecular flexibility index (Phi) is 4.19. The smallest absolute Gasteiger partial charge is 0.411 e. The first-order valence-electron chi connectivity index (χ1n) is 5.01. The lowest BCUT2D eigenvalue weighted by molar-refractivity contribution is 0.0697. The molecule has 1 amide bonds. The normalized spacial score (nSPS) is 10.3. The molecule has 0 unspecified atom stereocenters. The number of hydrogen-bond acceptors (Lipinski definition) is 3. The molecule has 18 heavy (non-hydrogen) atoms. The van der Waals surface area contributed by atoms with Crippen molar-refractivity contribution in [1.82, 2.24) is 0 Å². The van der Waals surface area contributed by atoms with Crippen molar-refractivity contribution in [1.29, 1.82) is 0 Å². The van der Waals surface area contributed by atoms with Crippen molar-refractivity contribution in [3.8, 4) is 0 Å². The summed E-state index contributed by atoms with van der Waals surface area (Å²) in [5.41, 5.74) is -0.929. The lowest BCUT2D eigenvalue weighted by Crippen LogP contribution is -2.20. The number of carbonyl (C=O) groups is 2. The summed E-state index contributed by atoms with van der Waals surface area (Å²) in [6, 6.07) is 1.07. The highest BCUT2D eigenvalue weighted by atomic mass is 19.2. The van der Waals surface area contributed by atoms with E-state index in [2.05, 4.69) is 0 Å². The lowest BCUT2D eigenvalue weighted by atomic mass is 10.1. The number of benzene rings is 1. The highest BCUT2D eigenvalue weighted by Crippen LogP contribution is 2.20. The number of carbonyl (C=O) groups excluding carboxylic acids is 1. The second-order valence-electron chi connectivity index (χ2n) is 3.70. The van der Waals surface area contributed by atoms with Crippen molar-refractivity contribution in [3.05, 3.63) is 29.3 Å². The standard InChI is InChI=1S/C11H11F2NO4/c1-5(2)18-11(17)14-9-4-8(13)7(12)3-6(9)10(15)16/h3-5H,1-2H3,(H,14,17)(H,15,16). The maximum absolute atomic E-state index is 13.0. The predicted octanol–water partition coefficient (Wildman–Crippen LogP) is 2.62. The number of hydrogen-bond donors (Lipinski definition) is 2. The zero-order chi connectivity index (χ0) is 13.9. The quantitative estimate of drug-likeness (QED) is 0.874. The van der Waals surface area contributed by atoms with Gasteiger partial charge in [0.15, 0.2) is 11.6 Å². The maximum atomic E-state index is 13.0. The van der Waals surface area contributed by atoms with Gasteiger partial charge in [0.25, 0.3) is 0 Å². The van der Waals surface area contributed by atoms with Gasteiger partial charge < -0.3 is 9.84 Å². The molecule has 0 aliphatic rings. The van der Waals surface area contributed by atoms with Crippen LogP contribution in [0.1, 0.15) is 24.2 Å². The molecule has 98 valence electrons. The van der Waals surface area contributed by atoms with Crippen LogP contribution >= 0.6 is 0 Å². The number of carboxylic acid groups (broad SMARTS) is 1. The number of nitrogens with one attached hydrogen (secondary N) is 1. The first-order chi connectivity index (χ1) is 8.31. The molecular weight excluding hydrogens is 248 g/mol. The van der Waals surface area contributed by atoms with Gasteiger partial charge in [-0.05, 0) is 19.9 Å². The topological polar surface area (TPSA) is 75.6 Å². The van der Waals surface area contributed by atoms with Crippen LogP contribution in [0.15, 0.2) is 12.1 Å². The van der Waals surface area contributed by atoms with Gasteiger partial charge in [0.2, 0.25) is 0 Å². The third-order valence-electron chi connectivity index (χ3n) is 1.87. The number of ether oxygens (including phenoxy) is 1. The van der Waals surface area contributed by atoms with Crippen molar-refractivity contribution < 1.29 is 28.2 Å². The SMILES string of the molecule is CC(C)OC(=O)Nc1cc(F)c(F)cc1C(=O)O. The molecule has 7 heteroatoms. The summed E-state index contributed by atoms with van der Waals surface area (Å²) >= 11 is 0. The van der Waals surface area contributed by atoms with E-state index in [-0.39, 0.29) is 5.69 Å². The van der Waals surface area contributed by atoms with E-state index < -0.39 is 35.4 Å². The van der Waals surface area contributed by atoms with E-state index in [0.29, 0.717) is 12.1 Å². The average Bonchev–Trinajstić information content (AvgIpc) is 2.21. The summed E-state index contributed by atoms with van der Waals surface area (Å²) in [5.74, 6) is -4.07. The van der Waals surface area contributed by atoms with Gasteiger partial charge in [-0.2, -0.15) is 0 Å². The fourth-order valence-electron chi connectivity index (χ4n) is 1.18. The molecule has 0 aromatic heterocycles. The van der Waals surface area contributed by atoms with Gasteiger partial charge in [0.05, 0.1) is 17.4 Å². The van der Waals surface area contributed by atoms with Crippen LogP contribution in [0.2, 0.25) is 0 Å². The van der Waals surface area contributed by atoms with E-state index in [1.54, 1.807) is 13.8 Å². The van der Waals surface area contributed by atoms with E-state index in [0.717, 1.165) is 0 Å². The van der Waals surface area contributed by atoms with Gasteiger partial charge in [0, 0.05) is 6.07 Å². The Labute approximate surface area is 101 Å². The van der Waals surface area contributed by atoms with Crippen LogP contribution < -0.4 is 5.32 Å². The minimum atomic E-state index is -1.49. The minimum Gasteiger partial charge on any atom is -0.478 e. The highest BCUT2D eigenvalue weighted by Gasteiger charge is 2.17. The van der Waals surface area contributed by atoms with Crippen molar-refractivity contribution in [3.63, 3.8) is 0 Å². The van der Waals surface area contributed by atoms with Crippen molar-refractivity contribution in [2.24, 2.45) is 0 Å². The first-order valence-corrected chi connectivity index (χ1v) is 5.01. The van der Waals surface area contributed by atoms with Gasteiger partial charge >= 0.3 is 12.1 Å². The Morgan fingerprint density at radius 1 is 1.28 bits per heavy atom. The Balaban J connectivity index is 3.04. The highest BCUT2D eigenvalue weighted by molar-refractivity contribution is 5.98. The number of anilines is 1. The summed E-state index contributed by atoms with van der Waals surface area (Å²) in [6.07, 6.45) is -1.37. The third kappa shape index (κ3) is 3.41. The van der Waals surface area contributed by atoms with Crippen LogP contribution in [0, 0.1) is 11.6 Å². The van der Waals surface area contributed by atoms with E-state index in [9.17, 15) is 18.4 Å². The number of rotatable bonds is 3. The molecule has 1 aromatic carbocycles. The number of carboxylic acids is 1. The lowest BCUT2D eigenvalue weighted by Gasteiger charge is -2.11. The van der Waals surface area contributed by atoms with Crippen LogP contribution in [0.25, 0.3) is 0 Å². The molecule has 0 atom stereocenters. The molecule has 2 N–H and O–H groups in total. The summed E-state index contributed by atoms with van der Waals surface area (Å²) in [5, 5.41) is 10.8. The molecule has 1 rings (SSSR count). The second kappa shape index (κ2) is 5.44. The largest absolute Gasteiger partial charge is 0.478 e. The zero-order valence-electron chi connectivity index (χ0n) is 9.66. The van der Waals surface area contributed by atoms with E-state index in [4.69, 9.17) is 9.84 Å². The van der Waals surface area contributed by atoms with Gasteiger partial charge in [-0.15, -0.1) is 0 Å². The average molecular weight is 259 g/mol. The molecule has 0 aliphatic carbocycles. The number of aromatic carboxylic acids is 1. The Morgan fingerprint density at radius 3 is 2.33 bits per heavy atom. The van der Waals surface area contributed by atoms with Crippen LogP contribution in [0.3, 0.4) is 0 Å². The maximum Gasteiger partial charge on any atom is 0.411 e. The second-order valence-corrected chi connectivity index (χ2v) is 3.70. The monoisotopic (exact) mass is 259 g/mol. The minimum absolute atomic E-state index is 0.368. The van der Waals surface area contributed by atoms with E-state index >= 15 is 0 Å². The molecule has 0 radical (unpaired) electrons. The van der Waals surface area contributed by atoms with Gasteiger partial charge in [-0.3, -0.25) is 5.32 Å². The molecule has 0 saturated heterocycles. The molecule has 0 aliphatic heterocycles. The summed E-state index contributed by atoms with van der Waals surface area (Å²) in [6.45, 7) is 3.17. The molecule has 0 bridgehead atoms. The first kappa shape index (κ1) is 13.9. The molecular formula is C11H11F2NO4. The van der Waals surface area contributed by atoms with Gasteiger partial charge in [0.1, 0.15) is 0 Å². The Morgan fingerprint density at radius 2 is 1.83 bits per heavy atom. The van der Waals surface area contributed by atoms with Crippen LogP contribution in [0.5, 0.6) is 0 Å². The molecule has 1 aromatic rings. The van der Waals surface area contributed by atoms with Gasteiger partial charge in [-0.25, -0.2) is 18.4 Å². The molecule has 0 spiro atoms. The number of halogens is 2. The molecule has 0 heterocycles. The van der Waals surface area contributed by atoms with Crippen molar-refractivity contribution >= 4 is 17.7 Å². The van der Waals surface area contributed by atoms with Crippen molar-refractivity contribution in [2.75, 3.05) is 5.32 Å². The molecule has 0 saturated carbocycles. The Hall–Kier alpha value is -2.18. The summed E-state index contributed by atoms with van der Waals surface area (Å²) in [4.78, 5) is 22.1. The van der Waals surface area contributed by atoms with E-state index in [1.807, 2.05) is 5.32 Å². The molecule has 0 fully saturated rings.